The zero-order valence-electron chi connectivity index (χ0n) is 34.7. The van der Waals surface area contributed by atoms with Crippen LogP contribution in [0.1, 0.15) is 0 Å². The van der Waals surface area contributed by atoms with Gasteiger partial charge >= 0.3 is 0 Å². The fourth-order valence-electron chi connectivity index (χ4n) is 9.77. The molecule has 3 nitrogen and oxygen atoms in total. The quantitative estimate of drug-likeness (QED) is 0.159. The lowest BCUT2D eigenvalue weighted by atomic mass is 10.00. The van der Waals surface area contributed by atoms with Crippen molar-refractivity contribution >= 4 is 92.3 Å². The van der Waals surface area contributed by atoms with Gasteiger partial charge in [-0.3, -0.25) is 0 Å². The third kappa shape index (κ3) is 5.95. The molecule has 0 aliphatic heterocycles. The molecule has 0 bridgehead atoms. The van der Waals surface area contributed by atoms with Crippen molar-refractivity contribution in [2.75, 3.05) is 4.90 Å². The van der Waals surface area contributed by atoms with Gasteiger partial charge in [0.2, 0.25) is 0 Å². The van der Waals surface area contributed by atoms with E-state index in [1.54, 1.807) is 0 Å². The van der Waals surface area contributed by atoms with E-state index in [2.05, 4.69) is 228 Å². The average molecular weight is 835 g/mol. The van der Waals surface area contributed by atoms with Crippen LogP contribution in [0.3, 0.4) is 0 Å². The van der Waals surface area contributed by atoms with Gasteiger partial charge in [0.1, 0.15) is 11.2 Å². The Morgan fingerprint density at radius 3 is 1.72 bits per heavy atom. The van der Waals surface area contributed by atoms with Crippen molar-refractivity contribution in [2.24, 2.45) is 0 Å². The van der Waals surface area contributed by atoms with Crippen LogP contribution in [0.4, 0.5) is 17.1 Å². The summed E-state index contributed by atoms with van der Waals surface area (Å²) in [5.41, 5.74) is 15.7. The lowest BCUT2D eigenvalue weighted by molar-refractivity contribution is 0.669. The number of fused-ring (bicyclic) bond motifs is 9. The number of hydrogen-bond donors (Lipinski definition) is 0. The summed E-state index contributed by atoms with van der Waals surface area (Å²) >= 11 is 1.87. The topological polar surface area (TPSA) is 21.3 Å². The summed E-state index contributed by atoms with van der Waals surface area (Å²) < 4.78 is 11.2. The van der Waals surface area contributed by atoms with Crippen molar-refractivity contribution < 1.29 is 4.42 Å². The minimum absolute atomic E-state index is 0.897. The number of furan rings is 1. The van der Waals surface area contributed by atoms with Gasteiger partial charge in [0, 0.05) is 64.5 Å². The van der Waals surface area contributed by atoms with Crippen molar-refractivity contribution in [2.45, 2.75) is 0 Å². The first-order valence-corrected chi connectivity index (χ1v) is 22.6. The molecule has 0 N–H and O–H groups in total. The maximum atomic E-state index is 6.21. The van der Waals surface area contributed by atoms with Crippen LogP contribution in [0.25, 0.3) is 103 Å². The van der Waals surface area contributed by atoms with Crippen molar-refractivity contribution in [3.8, 4) is 39.1 Å². The molecule has 0 atom stereocenters. The summed E-state index contributed by atoms with van der Waals surface area (Å²) in [7, 11) is 0. The predicted molar refractivity (Wildman–Crippen MR) is 272 cm³/mol. The third-order valence-electron chi connectivity index (χ3n) is 12.8. The maximum Gasteiger partial charge on any atom is 0.135 e. The molecule has 64 heavy (non-hydrogen) atoms. The van der Waals surface area contributed by atoms with Crippen LogP contribution in [0, 0.1) is 0 Å². The summed E-state index contributed by atoms with van der Waals surface area (Å²) in [6, 6.07) is 83.5. The Balaban J connectivity index is 0.946. The first-order chi connectivity index (χ1) is 31.7. The number of para-hydroxylation sites is 3. The molecule has 13 rings (SSSR count). The SMILES string of the molecule is c1ccc(-n2c3ccccc3c3cc(-c4cccc(N(c5ccc(-c6cccc7c6sc6ccccc67)cc5)c5cccc(-c6ccc7oc8ccccc8c7c6)c5)c4)ccc32)cc1. The Labute approximate surface area is 373 Å². The molecule has 0 saturated heterocycles. The highest BCUT2D eigenvalue weighted by atomic mass is 32.1. The molecule has 0 aliphatic carbocycles. The molecule has 3 heterocycles. The monoisotopic (exact) mass is 834 g/mol. The lowest BCUT2D eigenvalue weighted by Crippen LogP contribution is -2.10. The molecule has 0 saturated carbocycles. The standard InChI is InChI=1S/C60H38N2OS/c1-2-15-44(16-3-1)62-55-24-7-4-19-49(55)53-37-42(29-33-56(53)62)40-13-10-17-46(35-40)61(45-31-27-39(28-32-45)48-22-12-23-52-51-21-6-9-26-59(51)64-60(48)52)47-18-11-14-41(36-47)43-30-34-58-54(38-43)50-20-5-8-25-57(50)63-58/h1-38H. The highest BCUT2D eigenvalue weighted by Crippen LogP contribution is 2.44. The van der Waals surface area contributed by atoms with Gasteiger partial charge in [-0.25, -0.2) is 0 Å². The van der Waals surface area contributed by atoms with Gasteiger partial charge in [-0.05, 0) is 124 Å². The second kappa shape index (κ2) is 14.7. The Kier molecular flexibility index (Phi) is 8.40. The van der Waals surface area contributed by atoms with Crippen LogP contribution in [0.5, 0.6) is 0 Å². The van der Waals surface area contributed by atoms with Crippen molar-refractivity contribution in [1.82, 2.24) is 4.57 Å². The molecule has 4 heteroatoms. The average Bonchev–Trinajstić information content (AvgIpc) is 4.04. The van der Waals surface area contributed by atoms with Gasteiger partial charge in [0.05, 0.1) is 11.0 Å². The second-order valence-corrected chi connectivity index (χ2v) is 17.5. The molecule has 0 radical (unpaired) electrons. The Morgan fingerprint density at radius 1 is 0.344 bits per heavy atom. The fraction of sp³-hybridized carbons (Fsp3) is 0. The number of hydrogen-bond acceptors (Lipinski definition) is 3. The van der Waals surface area contributed by atoms with E-state index in [9.17, 15) is 0 Å². The molecular formula is C60H38N2OS. The van der Waals surface area contributed by atoms with Gasteiger partial charge in [0.15, 0.2) is 0 Å². The molecule has 0 aliphatic rings. The Bertz CT molecular complexity index is 3910. The van der Waals surface area contributed by atoms with Gasteiger partial charge in [-0.2, -0.15) is 0 Å². The smallest absolute Gasteiger partial charge is 0.135 e. The van der Waals surface area contributed by atoms with Crippen LogP contribution < -0.4 is 4.90 Å². The first kappa shape index (κ1) is 36.5. The number of aromatic nitrogens is 1. The van der Waals surface area contributed by atoms with E-state index in [0.717, 1.165) is 61.4 Å². The summed E-state index contributed by atoms with van der Waals surface area (Å²) in [5, 5.41) is 7.35. The van der Waals surface area contributed by atoms with Crippen LogP contribution in [0.2, 0.25) is 0 Å². The first-order valence-electron chi connectivity index (χ1n) is 21.7. The summed E-state index contributed by atoms with van der Waals surface area (Å²) in [4.78, 5) is 2.39. The Hall–Kier alpha value is -8.18. The van der Waals surface area contributed by atoms with Gasteiger partial charge < -0.3 is 13.9 Å². The summed E-state index contributed by atoms with van der Waals surface area (Å²) in [6.07, 6.45) is 0. The van der Waals surface area contributed by atoms with E-state index in [0.29, 0.717) is 0 Å². The number of benzene rings is 10. The van der Waals surface area contributed by atoms with E-state index in [1.165, 1.54) is 58.7 Å². The number of rotatable bonds is 7. The zero-order valence-corrected chi connectivity index (χ0v) is 35.5. The number of nitrogens with zero attached hydrogens (tertiary/aromatic N) is 2. The van der Waals surface area contributed by atoms with E-state index >= 15 is 0 Å². The molecule has 3 aromatic heterocycles. The van der Waals surface area contributed by atoms with Crippen LogP contribution >= 0.6 is 11.3 Å². The largest absolute Gasteiger partial charge is 0.456 e. The van der Waals surface area contributed by atoms with E-state index in [-0.39, 0.29) is 0 Å². The van der Waals surface area contributed by atoms with E-state index in [1.807, 2.05) is 23.5 Å². The van der Waals surface area contributed by atoms with E-state index in [4.69, 9.17) is 4.42 Å². The highest BCUT2D eigenvalue weighted by molar-refractivity contribution is 7.26. The molecule has 0 spiro atoms. The summed E-state index contributed by atoms with van der Waals surface area (Å²) in [5.74, 6) is 0. The van der Waals surface area contributed by atoms with Crippen LogP contribution in [-0.4, -0.2) is 4.57 Å². The van der Waals surface area contributed by atoms with Crippen molar-refractivity contribution in [3.63, 3.8) is 0 Å². The minimum Gasteiger partial charge on any atom is -0.456 e. The zero-order chi connectivity index (χ0) is 42.1. The van der Waals surface area contributed by atoms with Gasteiger partial charge in [-0.1, -0.05) is 140 Å². The van der Waals surface area contributed by atoms with Crippen molar-refractivity contribution in [1.29, 1.82) is 0 Å². The highest BCUT2D eigenvalue weighted by Gasteiger charge is 2.18. The number of thiophene rings is 1. The molecule has 13 aromatic rings. The van der Waals surface area contributed by atoms with Crippen LogP contribution in [0.15, 0.2) is 235 Å². The molecule has 300 valence electrons. The minimum atomic E-state index is 0.897. The van der Waals surface area contributed by atoms with Gasteiger partial charge in [-0.15, -0.1) is 11.3 Å². The van der Waals surface area contributed by atoms with E-state index < -0.39 is 0 Å². The van der Waals surface area contributed by atoms with Gasteiger partial charge in [0.25, 0.3) is 0 Å². The third-order valence-corrected chi connectivity index (χ3v) is 14.0. The van der Waals surface area contributed by atoms with Crippen molar-refractivity contribution in [3.05, 3.63) is 231 Å². The summed E-state index contributed by atoms with van der Waals surface area (Å²) in [6.45, 7) is 0. The number of anilines is 3. The molecule has 0 fully saturated rings. The normalized spacial score (nSPS) is 11.8. The molecule has 0 amide bonds. The molecular weight excluding hydrogens is 797 g/mol. The maximum absolute atomic E-state index is 6.21. The predicted octanol–water partition coefficient (Wildman–Crippen LogP) is 17.5. The van der Waals surface area contributed by atoms with Crippen LogP contribution in [-0.2, 0) is 0 Å². The molecule has 10 aromatic carbocycles. The lowest BCUT2D eigenvalue weighted by Gasteiger charge is -2.27. The molecule has 0 unspecified atom stereocenters. The Morgan fingerprint density at radius 2 is 0.922 bits per heavy atom. The fourth-order valence-corrected chi connectivity index (χ4v) is 11.0. The second-order valence-electron chi connectivity index (χ2n) is 16.5.